The van der Waals surface area contributed by atoms with Gasteiger partial charge in [0.05, 0.1) is 14.2 Å². The van der Waals surface area contributed by atoms with Gasteiger partial charge < -0.3 is 14.6 Å². The van der Waals surface area contributed by atoms with Crippen LogP contribution in [0.4, 0.5) is 0 Å². The third-order valence-electron chi connectivity index (χ3n) is 2.53. The van der Waals surface area contributed by atoms with Gasteiger partial charge in [-0.25, -0.2) is 0 Å². The SMILES string of the molecule is COc1cc(C(C)C)c(OC)c(O)c1C. The van der Waals surface area contributed by atoms with Gasteiger partial charge in [-0.15, -0.1) is 0 Å². The van der Waals surface area contributed by atoms with E-state index >= 15 is 0 Å². The first-order chi connectivity index (χ1) is 7.02. The summed E-state index contributed by atoms with van der Waals surface area (Å²) in [5.41, 5.74) is 1.66. The quantitative estimate of drug-likeness (QED) is 0.833. The number of ether oxygens (including phenoxy) is 2. The Kier molecular flexibility index (Phi) is 3.45. The minimum atomic E-state index is 0.167. The Bertz CT molecular complexity index is 356. The van der Waals surface area contributed by atoms with Crippen molar-refractivity contribution in [2.45, 2.75) is 26.7 Å². The van der Waals surface area contributed by atoms with Crippen molar-refractivity contribution in [3.63, 3.8) is 0 Å². The topological polar surface area (TPSA) is 38.7 Å². The van der Waals surface area contributed by atoms with E-state index in [2.05, 4.69) is 0 Å². The summed E-state index contributed by atoms with van der Waals surface area (Å²) in [4.78, 5) is 0. The Morgan fingerprint density at radius 2 is 1.80 bits per heavy atom. The fraction of sp³-hybridized carbons (Fsp3) is 0.500. The van der Waals surface area contributed by atoms with E-state index in [4.69, 9.17) is 9.47 Å². The first kappa shape index (κ1) is 11.7. The van der Waals surface area contributed by atoms with Crippen molar-refractivity contribution >= 4 is 0 Å². The summed E-state index contributed by atoms with van der Waals surface area (Å²) in [5, 5.41) is 9.93. The molecule has 1 N–H and O–H groups in total. The lowest BCUT2D eigenvalue weighted by atomic mass is 9.99. The molecule has 84 valence electrons. The van der Waals surface area contributed by atoms with Crippen molar-refractivity contribution in [2.24, 2.45) is 0 Å². The fourth-order valence-corrected chi connectivity index (χ4v) is 1.59. The second kappa shape index (κ2) is 4.43. The van der Waals surface area contributed by atoms with E-state index in [1.807, 2.05) is 19.9 Å². The predicted molar refractivity (Wildman–Crippen MR) is 60.0 cm³/mol. The Hall–Kier alpha value is -1.38. The van der Waals surface area contributed by atoms with E-state index in [1.54, 1.807) is 21.1 Å². The van der Waals surface area contributed by atoms with Gasteiger partial charge in [-0.1, -0.05) is 13.8 Å². The molecule has 0 saturated heterocycles. The van der Waals surface area contributed by atoms with Crippen LogP contribution in [0.3, 0.4) is 0 Å². The molecule has 0 aliphatic carbocycles. The lowest BCUT2D eigenvalue weighted by Crippen LogP contribution is -1.98. The Labute approximate surface area is 90.6 Å². The van der Waals surface area contributed by atoms with Crippen LogP contribution in [0.25, 0.3) is 0 Å². The highest BCUT2D eigenvalue weighted by Gasteiger charge is 2.17. The van der Waals surface area contributed by atoms with Crippen LogP contribution in [-0.4, -0.2) is 19.3 Å². The second-order valence-corrected chi connectivity index (χ2v) is 3.83. The third-order valence-corrected chi connectivity index (χ3v) is 2.53. The molecular weight excluding hydrogens is 192 g/mol. The predicted octanol–water partition coefficient (Wildman–Crippen LogP) is 2.84. The summed E-state index contributed by atoms with van der Waals surface area (Å²) < 4.78 is 10.4. The van der Waals surface area contributed by atoms with Gasteiger partial charge >= 0.3 is 0 Å². The standard InChI is InChI=1S/C12H18O3/c1-7(2)9-6-10(14-4)8(3)11(13)12(9)15-5/h6-7,13H,1-5H3. The van der Waals surface area contributed by atoms with Gasteiger partial charge in [0, 0.05) is 11.1 Å². The van der Waals surface area contributed by atoms with E-state index in [-0.39, 0.29) is 11.7 Å². The highest BCUT2D eigenvalue weighted by atomic mass is 16.5. The van der Waals surface area contributed by atoms with Crippen molar-refractivity contribution < 1.29 is 14.6 Å². The molecule has 0 aliphatic rings. The molecule has 3 heteroatoms. The molecule has 0 saturated carbocycles. The lowest BCUT2D eigenvalue weighted by molar-refractivity contribution is 0.356. The zero-order valence-electron chi connectivity index (χ0n) is 9.92. The Morgan fingerprint density at radius 3 is 2.20 bits per heavy atom. The van der Waals surface area contributed by atoms with E-state index < -0.39 is 0 Å². The average molecular weight is 210 g/mol. The molecule has 0 unspecified atom stereocenters. The van der Waals surface area contributed by atoms with Crippen LogP contribution in [-0.2, 0) is 0 Å². The van der Waals surface area contributed by atoms with Gasteiger partial charge in [-0.3, -0.25) is 0 Å². The molecule has 0 aliphatic heterocycles. The molecular formula is C12H18O3. The molecule has 0 amide bonds. The van der Waals surface area contributed by atoms with Crippen LogP contribution >= 0.6 is 0 Å². The molecule has 0 spiro atoms. The Morgan fingerprint density at radius 1 is 1.20 bits per heavy atom. The van der Waals surface area contributed by atoms with Gasteiger partial charge in [0.25, 0.3) is 0 Å². The zero-order chi connectivity index (χ0) is 11.6. The van der Waals surface area contributed by atoms with Crippen LogP contribution in [0.2, 0.25) is 0 Å². The van der Waals surface area contributed by atoms with Crippen LogP contribution in [0.1, 0.15) is 30.9 Å². The maximum Gasteiger partial charge on any atom is 0.164 e. The molecule has 15 heavy (non-hydrogen) atoms. The fourth-order valence-electron chi connectivity index (χ4n) is 1.59. The molecule has 1 aromatic carbocycles. The second-order valence-electron chi connectivity index (χ2n) is 3.83. The first-order valence-corrected chi connectivity index (χ1v) is 4.97. The van der Waals surface area contributed by atoms with Crippen LogP contribution in [0.5, 0.6) is 17.2 Å². The molecule has 0 radical (unpaired) electrons. The van der Waals surface area contributed by atoms with E-state index in [9.17, 15) is 5.11 Å². The Balaban J connectivity index is 3.44. The highest BCUT2D eigenvalue weighted by Crippen LogP contribution is 2.42. The summed E-state index contributed by atoms with van der Waals surface area (Å²) >= 11 is 0. The number of hydrogen-bond donors (Lipinski definition) is 1. The minimum Gasteiger partial charge on any atom is -0.504 e. The highest BCUT2D eigenvalue weighted by molar-refractivity contribution is 5.57. The number of phenolic OH excluding ortho intramolecular Hbond substituents is 1. The molecule has 0 bridgehead atoms. The molecule has 1 rings (SSSR count). The molecule has 1 aromatic rings. The minimum absolute atomic E-state index is 0.167. The van der Waals surface area contributed by atoms with Crippen molar-refractivity contribution in [2.75, 3.05) is 14.2 Å². The number of benzene rings is 1. The smallest absolute Gasteiger partial charge is 0.164 e. The number of hydrogen-bond acceptors (Lipinski definition) is 3. The van der Waals surface area contributed by atoms with Crippen molar-refractivity contribution in [3.05, 3.63) is 17.2 Å². The summed E-state index contributed by atoms with van der Waals surface area (Å²) in [7, 11) is 3.16. The number of rotatable bonds is 3. The normalized spacial score (nSPS) is 10.5. The van der Waals surface area contributed by atoms with Crippen molar-refractivity contribution in [1.82, 2.24) is 0 Å². The zero-order valence-corrected chi connectivity index (χ0v) is 9.92. The maximum atomic E-state index is 9.93. The summed E-state index contributed by atoms with van der Waals surface area (Å²) in [6.45, 7) is 5.90. The average Bonchev–Trinajstić information content (AvgIpc) is 2.21. The van der Waals surface area contributed by atoms with Gasteiger partial charge in [-0.05, 0) is 18.9 Å². The summed E-state index contributed by atoms with van der Waals surface area (Å²) in [6, 6.07) is 1.92. The van der Waals surface area contributed by atoms with E-state index in [1.165, 1.54) is 0 Å². The molecule has 0 atom stereocenters. The maximum absolute atomic E-state index is 9.93. The number of methoxy groups -OCH3 is 2. The molecule has 3 nitrogen and oxygen atoms in total. The molecule has 0 heterocycles. The van der Waals surface area contributed by atoms with Crippen LogP contribution in [0, 0.1) is 6.92 Å². The molecule has 0 aromatic heterocycles. The van der Waals surface area contributed by atoms with E-state index in [0.29, 0.717) is 17.1 Å². The lowest BCUT2D eigenvalue weighted by Gasteiger charge is -2.17. The van der Waals surface area contributed by atoms with Crippen molar-refractivity contribution in [1.29, 1.82) is 0 Å². The molecule has 0 fully saturated rings. The summed E-state index contributed by atoms with van der Waals surface area (Å²) in [6.07, 6.45) is 0. The monoisotopic (exact) mass is 210 g/mol. The first-order valence-electron chi connectivity index (χ1n) is 4.97. The van der Waals surface area contributed by atoms with Crippen LogP contribution < -0.4 is 9.47 Å². The van der Waals surface area contributed by atoms with Gasteiger partial charge in [0.2, 0.25) is 0 Å². The van der Waals surface area contributed by atoms with Crippen LogP contribution in [0.15, 0.2) is 6.07 Å². The summed E-state index contributed by atoms with van der Waals surface area (Å²) in [5.74, 6) is 1.68. The van der Waals surface area contributed by atoms with Gasteiger partial charge in [0.15, 0.2) is 11.5 Å². The van der Waals surface area contributed by atoms with Gasteiger partial charge in [-0.2, -0.15) is 0 Å². The van der Waals surface area contributed by atoms with E-state index in [0.717, 1.165) is 5.56 Å². The number of aromatic hydroxyl groups is 1. The number of phenols is 1. The largest absolute Gasteiger partial charge is 0.504 e. The third kappa shape index (κ3) is 2.01. The van der Waals surface area contributed by atoms with Gasteiger partial charge in [0.1, 0.15) is 5.75 Å². The van der Waals surface area contributed by atoms with Crippen molar-refractivity contribution in [3.8, 4) is 17.2 Å².